The van der Waals surface area contributed by atoms with Gasteiger partial charge >= 0.3 is 0 Å². The fraction of sp³-hybridized carbons (Fsp3) is 0.385. The highest BCUT2D eigenvalue weighted by Crippen LogP contribution is 2.28. The molecule has 3 N–H and O–H groups in total. The number of carbonyl (C=O) groups excluding carboxylic acids is 1. The number of benzene rings is 1. The molecule has 5 heteroatoms. The average molecular weight is 261 g/mol. The maximum atomic E-state index is 12.0. The van der Waals surface area contributed by atoms with Gasteiger partial charge in [-0.1, -0.05) is 23.5 Å². The van der Waals surface area contributed by atoms with E-state index in [1.54, 1.807) is 0 Å². The van der Waals surface area contributed by atoms with E-state index < -0.39 is 0 Å². The fourth-order valence-electron chi connectivity index (χ4n) is 2.39. The van der Waals surface area contributed by atoms with Crippen LogP contribution in [0.5, 0.6) is 0 Å². The topological polar surface area (TPSA) is 68.0 Å². The number of carbonyl (C=O) groups is 1. The number of anilines is 1. The van der Waals surface area contributed by atoms with Crippen LogP contribution in [-0.4, -0.2) is 16.9 Å². The van der Waals surface area contributed by atoms with Crippen molar-refractivity contribution in [1.82, 2.24) is 4.98 Å². The van der Waals surface area contributed by atoms with E-state index >= 15 is 0 Å². The molecule has 4 nitrogen and oxygen atoms in total. The lowest BCUT2D eigenvalue weighted by molar-refractivity contribution is -0.119. The number of aromatic nitrogens is 1. The van der Waals surface area contributed by atoms with E-state index in [1.165, 1.54) is 11.3 Å². The molecule has 0 aliphatic heterocycles. The molecular formula is C13H15N3OS. The molecule has 3 rings (SSSR count). The van der Waals surface area contributed by atoms with Crippen molar-refractivity contribution in [3.8, 4) is 0 Å². The number of hydrogen-bond acceptors (Lipinski definition) is 4. The summed E-state index contributed by atoms with van der Waals surface area (Å²) < 4.78 is 1.09. The Bertz CT molecular complexity index is 547. The number of nitrogens with two attached hydrogens (primary N) is 1. The third-order valence-electron chi connectivity index (χ3n) is 3.37. The van der Waals surface area contributed by atoms with E-state index in [0.29, 0.717) is 5.13 Å². The van der Waals surface area contributed by atoms with Gasteiger partial charge in [0.25, 0.3) is 0 Å². The largest absolute Gasteiger partial charge is 0.328 e. The normalized spacial score (nSPS) is 23.4. The zero-order valence-electron chi connectivity index (χ0n) is 9.93. The Kier molecular flexibility index (Phi) is 3.01. The van der Waals surface area contributed by atoms with E-state index in [4.69, 9.17) is 5.73 Å². The standard InChI is InChI=1S/C13H15N3OS/c14-9-6-5-8(7-9)12(17)16-13-15-10-3-1-2-4-11(10)18-13/h1-4,8-9H,5-7,14H2,(H,15,16,17). The first kappa shape index (κ1) is 11.6. The third-order valence-corrected chi connectivity index (χ3v) is 4.32. The van der Waals surface area contributed by atoms with Gasteiger partial charge in [0.1, 0.15) is 0 Å². The number of nitrogens with one attached hydrogen (secondary N) is 1. The number of para-hydroxylation sites is 1. The second-order valence-corrected chi connectivity index (χ2v) is 5.78. The maximum absolute atomic E-state index is 12.0. The van der Waals surface area contributed by atoms with E-state index in [-0.39, 0.29) is 17.9 Å². The molecule has 1 saturated carbocycles. The SMILES string of the molecule is NC1CCC(C(=O)Nc2nc3ccccc3s2)C1. The summed E-state index contributed by atoms with van der Waals surface area (Å²) in [4.78, 5) is 16.4. The number of rotatable bonds is 2. The molecule has 1 aliphatic carbocycles. The summed E-state index contributed by atoms with van der Waals surface area (Å²) in [6.45, 7) is 0. The van der Waals surface area contributed by atoms with Gasteiger partial charge < -0.3 is 11.1 Å². The number of fused-ring (bicyclic) bond motifs is 1. The molecule has 0 bridgehead atoms. The molecule has 18 heavy (non-hydrogen) atoms. The highest BCUT2D eigenvalue weighted by atomic mass is 32.1. The molecule has 2 aromatic rings. The van der Waals surface area contributed by atoms with Crippen LogP contribution in [0.4, 0.5) is 5.13 Å². The molecule has 0 saturated heterocycles. The van der Waals surface area contributed by atoms with Crippen molar-refractivity contribution >= 4 is 32.6 Å². The molecule has 1 heterocycles. The van der Waals surface area contributed by atoms with Gasteiger partial charge in [-0.15, -0.1) is 0 Å². The van der Waals surface area contributed by atoms with Crippen molar-refractivity contribution in [3.05, 3.63) is 24.3 Å². The van der Waals surface area contributed by atoms with Crippen LogP contribution in [0.3, 0.4) is 0 Å². The summed E-state index contributed by atoms with van der Waals surface area (Å²) in [5.41, 5.74) is 6.76. The Labute approximate surface area is 109 Å². The smallest absolute Gasteiger partial charge is 0.229 e. The molecule has 1 aromatic heterocycles. The maximum Gasteiger partial charge on any atom is 0.229 e. The summed E-state index contributed by atoms with van der Waals surface area (Å²) >= 11 is 1.51. The molecule has 1 aromatic carbocycles. The van der Waals surface area contributed by atoms with Gasteiger partial charge in [0.15, 0.2) is 5.13 Å². The van der Waals surface area contributed by atoms with Crippen molar-refractivity contribution in [2.75, 3.05) is 5.32 Å². The van der Waals surface area contributed by atoms with Gasteiger partial charge in [-0.05, 0) is 31.4 Å². The molecule has 1 fully saturated rings. The van der Waals surface area contributed by atoms with Crippen LogP contribution in [0, 0.1) is 5.92 Å². The van der Waals surface area contributed by atoms with Crippen LogP contribution in [0.15, 0.2) is 24.3 Å². The summed E-state index contributed by atoms with van der Waals surface area (Å²) in [5.74, 6) is 0.106. The van der Waals surface area contributed by atoms with E-state index in [0.717, 1.165) is 29.5 Å². The lowest BCUT2D eigenvalue weighted by atomic mass is 10.1. The Morgan fingerprint density at radius 2 is 2.22 bits per heavy atom. The molecule has 1 amide bonds. The number of amides is 1. The van der Waals surface area contributed by atoms with Crippen LogP contribution < -0.4 is 11.1 Å². The quantitative estimate of drug-likeness (QED) is 0.872. The number of thiazole rings is 1. The minimum atomic E-state index is 0.0482. The van der Waals surface area contributed by atoms with Crippen LogP contribution in [0.1, 0.15) is 19.3 Å². The number of hydrogen-bond donors (Lipinski definition) is 2. The third kappa shape index (κ3) is 2.23. The average Bonchev–Trinajstić information content (AvgIpc) is 2.94. The second-order valence-electron chi connectivity index (χ2n) is 4.75. The van der Waals surface area contributed by atoms with Crippen molar-refractivity contribution in [2.45, 2.75) is 25.3 Å². The Balaban J connectivity index is 1.74. The summed E-state index contributed by atoms with van der Waals surface area (Å²) in [5, 5.41) is 3.59. The van der Waals surface area contributed by atoms with Crippen LogP contribution in [0.25, 0.3) is 10.2 Å². The van der Waals surface area contributed by atoms with Crippen LogP contribution in [-0.2, 0) is 4.79 Å². The van der Waals surface area contributed by atoms with E-state index in [2.05, 4.69) is 10.3 Å². The van der Waals surface area contributed by atoms with Gasteiger partial charge in [-0.25, -0.2) is 4.98 Å². The van der Waals surface area contributed by atoms with E-state index in [9.17, 15) is 4.79 Å². The number of nitrogens with zero attached hydrogens (tertiary/aromatic N) is 1. The molecule has 94 valence electrons. The van der Waals surface area contributed by atoms with Crippen LogP contribution >= 0.6 is 11.3 Å². The minimum Gasteiger partial charge on any atom is -0.328 e. The minimum absolute atomic E-state index is 0.0482. The lowest BCUT2D eigenvalue weighted by Gasteiger charge is -2.07. The molecular weight excluding hydrogens is 246 g/mol. The highest BCUT2D eigenvalue weighted by molar-refractivity contribution is 7.22. The summed E-state index contributed by atoms with van der Waals surface area (Å²) in [7, 11) is 0. The van der Waals surface area contributed by atoms with Crippen molar-refractivity contribution in [1.29, 1.82) is 0 Å². The first-order valence-electron chi connectivity index (χ1n) is 6.14. The van der Waals surface area contributed by atoms with Gasteiger partial charge in [-0.2, -0.15) is 0 Å². The lowest BCUT2D eigenvalue weighted by Crippen LogP contribution is -2.23. The van der Waals surface area contributed by atoms with Crippen LogP contribution in [0.2, 0.25) is 0 Å². The Morgan fingerprint density at radius 3 is 2.94 bits per heavy atom. The van der Waals surface area contributed by atoms with Crippen molar-refractivity contribution in [3.63, 3.8) is 0 Å². The monoisotopic (exact) mass is 261 g/mol. The second kappa shape index (κ2) is 4.66. The van der Waals surface area contributed by atoms with Crippen molar-refractivity contribution in [2.24, 2.45) is 11.7 Å². The zero-order valence-corrected chi connectivity index (χ0v) is 10.7. The molecule has 1 aliphatic rings. The molecule has 0 radical (unpaired) electrons. The van der Waals surface area contributed by atoms with Gasteiger partial charge in [0, 0.05) is 12.0 Å². The first-order chi connectivity index (χ1) is 8.72. The Morgan fingerprint density at radius 1 is 1.39 bits per heavy atom. The van der Waals surface area contributed by atoms with E-state index in [1.807, 2.05) is 24.3 Å². The highest BCUT2D eigenvalue weighted by Gasteiger charge is 2.28. The Hall–Kier alpha value is -1.46. The van der Waals surface area contributed by atoms with Gasteiger partial charge in [0.2, 0.25) is 5.91 Å². The molecule has 0 spiro atoms. The fourth-order valence-corrected chi connectivity index (χ4v) is 3.26. The molecule has 2 atom stereocenters. The van der Waals surface area contributed by atoms with Crippen molar-refractivity contribution < 1.29 is 4.79 Å². The van der Waals surface area contributed by atoms with Gasteiger partial charge in [-0.3, -0.25) is 4.79 Å². The zero-order chi connectivity index (χ0) is 12.5. The predicted molar refractivity (Wildman–Crippen MR) is 73.6 cm³/mol. The summed E-state index contributed by atoms with van der Waals surface area (Å²) in [6, 6.07) is 8.06. The van der Waals surface area contributed by atoms with Gasteiger partial charge in [0.05, 0.1) is 10.2 Å². The predicted octanol–water partition coefficient (Wildman–Crippen LogP) is 2.36. The summed E-state index contributed by atoms with van der Waals surface area (Å²) in [6.07, 6.45) is 2.62. The first-order valence-corrected chi connectivity index (χ1v) is 6.96. The molecule has 2 unspecified atom stereocenters.